The van der Waals surface area contributed by atoms with Crippen LogP contribution < -0.4 is 14.2 Å². The third kappa shape index (κ3) is 3.94. The van der Waals surface area contributed by atoms with Crippen molar-refractivity contribution in [2.45, 2.75) is 26.4 Å². The van der Waals surface area contributed by atoms with Gasteiger partial charge in [0.15, 0.2) is 23.0 Å². The molecule has 0 N–H and O–H groups in total. The highest BCUT2D eigenvalue weighted by atomic mass is 16.5. The van der Waals surface area contributed by atoms with E-state index in [2.05, 4.69) is 41.3 Å². The molecule has 198 valence electrons. The van der Waals surface area contributed by atoms with Gasteiger partial charge >= 0.3 is 0 Å². The minimum Gasteiger partial charge on any atom is -0.493 e. The lowest BCUT2D eigenvalue weighted by molar-refractivity contribution is 0.276. The second-order valence-electron chi connectivity index (χ2n) is 9.70. The first-order valence-corrected chi connectivity index (χ1v) is 13.0. The van der Waals surface area contributed by atoms with E-state index < -0.39 is 0 Å². The summed E-state index contributed by atoms with van der Waals surface area (Å²) in [6.07, 6.45) is 1.63. The molecule has 1 aliphatic heterocycles. The molecule has 0 saturated heterocycles. The Labute approximate surface area is 230 Å². The van der Waals surface area contributed by atoms with Crippen LogP contribution in [0.1, 0.15) is 39.7 Å². The highest BCUT2D eigenvalue weighted by Crippen LogP contribution is 2.49. The first-order chi connectivity index (χ1) is 19.6. The van der Waals surface area contributed by atoms with Crippen molar-refractivity contribution in [2.24, 2.45) is 0 Å². The van der Waals surface area contributed by atoms with Crippen molar-refractivity contribution in [2.75, 3.05) is 7.11 Å². The van der Waals surface area contributed by atoms with Crippen molar-refractivity contribution in [3.05, 3.63) is 119 Å². The molecule has 0 spiro atoms. The molecule has 9 heteroatoms. The number of aryl methyl sites for hydroxylation is 2. The minimum absolute atomic E-state index is 0.170. The van der Waals surface area contributed by atoms with E-state index in [-0.39, 0.29) is 12.5 Å². The van der Waals surface area contributed by atoms with Crippen LogP contribution in [0, 0.1) is 13.8 Å². The lowest BCUT2D eigenvalue weighted by Gasteiger charge is -2.26. The number of methoxy groups -OCH3 is 1. The van der Waals surface area contributed by atoms with Gasteiger partial charge in [-0.1, -0.05) is 60.2 Å². The molecule has 0 unspecified atom stereocenters. The quantitative estimate of drug-likeness (QED) is 0.268. The molecule has 1 atom stereocenters. The molecule has 1 aliphatic rings. The Morgan fingerprint density at radius 2 is 1.60 bits per heavy atom. The van der Waals surface area contributed by atoms with Crippen molar-refractivity contribution in [1.29, 1.82) is 0 Å². The fraction of sp³-hybridized carbons (Fsp3) is 0.161. The SMILES string of the molecule is COc1ccccc1OCc1nc2c3c(ncn2n1)Oc1c(c(C)nn1-c1ccccc1)[C@H]3c1ccc(C)cc1. The predicted octanol–water partition coefficient (Wildman–Crippen LogP) is 5.80. The molecule has 40 heavy (non-hydrogen) atoms. The molecule has 3 aromatic heterocycles. The molecule has 4 heterocycles. The van der Waals surface area contributed by atoms with Gasteiger partial charge in [0, 0.05) is 0 Å². The van der Waals surface area contributed by atoms with Gasteiger partial charge in [0.1, 0.15) is 12.9 Å². The number of ether oxygens (including phenoxy) is 3. The summed E-state index contributed by atoms with van der Waals surface area (Å²) >= 11 is 0. The number of benzene rings is 3. The zero-order chi connectivity index (χ0) is 27.2. The Morgan fingerprint density at radius 1 is 0.850 bits per heavy atom. The van der Waals surface area contributed by atoms with E-state index in [1.807, 2.05) is 66.2 Å². The van der Waals surface area contributed by atoms with Crippen molar-refractivity contribution in [1.82, 2.24) is 29.4 Å². The molecule has 0 saturated carbocycles. The van der Waals surface area contributed by atoms with Crippen LogP contribution in [0.25, 0.3) is 11.3 Å². The average Bonchev–Trinajstić information content (AvgIpc) is 3.56. The van der Waals surface area contributed by atoms with Gasteiger partial charge in [-0.3, -0.25) is 0 Å². The number of hydrogen-bond acceptors (Lipinski definition) is 7. The largest absolute Gasteiger partial charge is 0.493 e. The third-order valence-corrected chi connectivity index (χ3v) is 7.10. The lowest BCUT2D eigenvalue weighted by atomic mass is 9.84. The second kappa shape index (κ2) is 9.53. The third-order valence-electron chi connectivity index (χ3n) is 7.10. The summed E-state index contributed by atoms with van der Waals surface area (Å²) in [5.41, 5.74) is 6.54. The van der Waals surface area contributed by atoms with Gasteiger partial charge in [0.05, 0.1) is 35.5 Å². The number of hydrogen-bond donors (Lipinski definition) is 0. The van der Waals surface area contributed by atoms with E-state index in [0.29, 0.717) is 34.7 Å². The molecule has 0 radical (unpaired) electrons. The van der Waals surface area contributed by atoms with Gasteiger partial charge in [-0.05, 0) is 43.7 Å². The van der Waals surface area contributed by atoms with Crippen molar-refractivity contribution < 1.29 is 14.2 Å². The predicted molar refractivity (Wildman–Crippen MR) is 149 cm³/mol. The first-order valence-electron chi connectivity index (χ1n) is 13.0. The maximum atomic E-state index is 6.50. The highest BCUT2D eigenvalue weighted by molar-refractivity contribution is 5.66. The van der Waals surface area contributed by atoms with Crippen LogP contribution in [-0.4, -0.2) is 36.5 Å². The Bertz CT molecular complexity index is 1840. The molecule has 3 aromatic carbocycles. The van der Waals surface area contributed by atoms with Gasteiger partial charge in [-0.15, -0.1) is 5.10 Å². The smallest absolute Gasteiger partial charge is 0.230 e. The lowest BCUT2D eigenvalue weighted by Crippen LogP contribution is -2.16. The molecule has 0 aliphatic carbocycles. The summed E-state index contributed by atoms with van der Waals surface area (Å²) in [5, 5.41) is 9.56. The van der Waals surface area contributed by atoms with Crippen LogP contribution in [0.15, 0.2) is 85.2 Å². The maximum Gasteiger partial charge on any atom is 0.230 e. The van der Waals surface area contributed by atoms with Crippen LogP contribution in [0.4, 0.5) is 0 Å². The highest BCUT2D eigenvalue weighted by Gasteiger charge is 2.38. The molecule has 7 rings (SSSR count). The van der Waals surface area contributed by atoms with E-state index in [1.165, 1.54) is 5.56 Å². The van der Waals surface area contributed by atoms with Crippen molar-refractivity contribution >= 4 is 5.65 Å². The molecule has 6 aromatic rings. The summed E-state index contributed by atoms with van der Waals surface area (Å²) in [6, 6.07) is 26.0. The van der Waals surface area contributed by atoms with Crippen molar-refractivity contribution in [3.63, 3.8) is 0 Å². The number of rotatable bonds is 6. The van der Waals surface area contributed by atoms with Crippen LogP contribution in [-0.2, 0) is 6.61 Å². The Kier molecular flexibility index (Phi) is 5.70. The number of fused-ring (bicyclic) bond motifs is 4. The van der Waals surface area contributed by atoms with E-state index in [4.69, 9.17) is 24.3 Å². The van der Waals surface area contributed by atoms with E-state index >= 15 is 0 Å². The number of nitrogens with zero attached hydrogens (tertiary/aromatic N) is 6. The Balaban J connectivity index is 1.36. The van der Waals surface area contributed by atoms with Gasteiger partial charge in [0.2, 0.25) is 11.8 Å². The van der Waals surface area contributed by atoms with Crippen LogP contribution >= 0.6 is 0 Å². The molecule has 9 nitrogen and oxygen atoms in total. The van der Waals surface area contributed by atoms with E-state index in [1.54, 1.807) is 18.0 Å². The van der Waals surface area contributed by atoms with Crippen molar-refractivity contribution in [3.8, 4) is 28.9 Å². The number of aromatic nitrogens is 6. The standard InChI is InChI=1S/C31H26N6O3/c1-19-13-15-21(16-14-19)27-26-20(2)34-37(22-9-5-4-6-10-22)31(26)40-30-28(27)29-33-25(35-36(29)18-32-30)17-39-24-12-8-7-11-23(24)38-3/h4-16,18,27H,17H2,1-3H3/t27-/m1/s1. The zero-order valence-corrected chi connectivity index (χ0v) is 22.3. The zero-order valence-electron chi connectivity index (χ0n) is 22.3. The fourth-order valence-electron chi connectivity index (χ4n) is 5.20. The fourth-order valence-corrected chi connectivity index (χ4v) is 5.20. The maximum absolute atomic E-state index is 6.50. The summed E-state index contributed by atoms with van der Waals surface area (Å²) in [4.78, 5) is 9.58. The van der Waals surface area contributed by atoms with Crippen LogP contribution in [0.5, 0.6) is 23.3 Å². The van der Waals surface area contributed by atoms with Gasteiger partial charge in [-0.25, -0.2) is 19.2 Å². The van der Waals surface area contributed by atoms with Gasteiger partial charge in [-0.2, -0.15) is 5.10 Å². The van der Waals surface area contributed by atoms with Gasteiger partial charge in [0.25, 0.3) is 0 Å². The number of para-hydroxylation sites is 3. The molecule has 0 amide bonds. The monoisotopic (exact) mass is 530 g/mol. The summed E-state index contributed by atoms with van der Waals surface area (Å²) in [5.74, 6) is 2.71. The average molecular weight is 531 g/mol. The summed E-state index contributed by atoms with van der Waals surface area (Å²) < 4.78 is 21.5. The first kappa shape index (κ1) is 23.9. The second-order valence-corrected chi connectivity index (χ2v) is 9.70. The molecule has 0 fully saturated rings. The van der Waals surface area contributed by atoms with Crippen LogP contribution in [0.2, 0.25) is 0 Å². The van der Waals surface area contributed by atoms with E-state index in [0.717, 1.165) is 28.1 Å². The van der Waals surface area contributed by atoms with Crippen LogP contribution in [0.3, 0.4) is 0 Å². The molecular weight excluding hydrogens is 504 g/mol. The molecule has 0 bridgehead atoms. The Morgan fingerprint density at radius 3 is 2.38 bits per heavy atom. The minimum atomic E-state index is -0.208. The normalized spacial score (nSPS) is 13.9. The Hall–Kier alpha value is -5.18. The topological polar surface area (TPSA) is 88.6 Å². The summed E-state index contributed by atoms with van der Waals surface area (Å²) in [6.45, 7) is 4.26. The van der Waals surface area contributed by atoms with Gasteiger partial charge < -0.3 is 14.2 Å². The van der Waals surface area contributed by atoms with E-state index in [9.17, 15) is 0 Å². The summed E-state index contributed by atoms with van der Waals surface area (Å²) in [7, 11) is 1.62. The molecular formula is C31H26N6O3.